The van der Waals surface area contributed by atoms with Crippen molar-refractivity contribution in [2.45, 2.75) is 76.8 Å². The molecule has 0 aromatic heterocycles. The summed E-state index contributed by atoms with van der Waals surface area (Å²) in [6, 6.07) is 8.89. The Labute approximate surface area is 186 Å². The standard InChI is InChI=1S/C25H38N4O2/c1-17(2)18-8-10-19(11-9-18)28-14-12-20(13-15-28)29-23-7-5-4-6-21(23)22(25(29)31)16-24(30)27(3)26/h4-7,17-20,22H,8-16,26H2,1-3H3/t18-,19+,22?. The molecule has 2 fully saturated rings. The third-order valence-corrected chi connectivity index (χ3v) is 7.94. The first kappa shape index (κ1) is 22.3. The average Bonchev–Trinajstić information content (AvgIpc) is 3.05. The Kier molecular flexibility index (Phi) is 6.68. The number of benzene rings is 1. The molecule has 3 aliphatic rings. The predicted molar refractivity (Wildman–Crippen MR) is 123 cm³/mol. The molecule has 4 rings (SSSR count). The van der Waals surface area contributed by atoms with E-state index in [1.807, 2.05) is 29.2 Å². The van der Waals surface area contributed by atoms with Crippen LogP contribution in [0, 0.1) is 11.8 Å². The molecule has 6 nitrogen and oxygen atoms in total. The third kappa shape index (κ3) is 4.51. The Hall–Kier alpha value is -1.92. The summed E-state index contributed by atoms with van der Waals surface area (Å²) in [7, 11) is 1.54. The third-order valence-electron chi connectivity index (χ3n) is 7.94. The number of likely N-dealkylation sites (tertiary alicyclic amines) is 1. The number of amides is 2. The van der Waals surface area contributed by atoms with Crippen molar-refractivity contribution in [3.8, 4) is 0 Å². The molecule has 2 heterocycles. The molecular weight excluding hydrogens is 388 g/mol. The number of nitrogens with zero attached hydrogens (tertiary/aromatic N) is 3. The van der Waals surface area contributed by atoms with Crippen molar-refractivity contribution in [1.82, 2.24) is 9.91 Å². The van der Waals surface area contributed by atoms with E-state index in [0.717, 1.165) is 54.0 Å². The monoisotopic (exact) mass is 426 g/mol. The lowest BCUT2D eigenvalue weighted by molar-refractivity contribution is -0.133. The van der Waals surface area contributed by atoms with Crippen molar-refractivity contribution in [2.75, 3.05) is 25.0 Å². The van der Waals surface area contributed by atoms with Crippen LogP contribution in [0.2, 0.25) is 0 Å². The quantitative estimate of drug-likeness (QED) is 0.444. The van der Waals surface area contributed by atoms with Gasteiger partial charge in [-0.2, -0.15) is 0 Å². The zero-order chi connectivity index (χ0) is 22.1. The van der Waals surface area contributed by atoms with E-state index >= 15 is 0 Å². The fraction of sp³-hybridized carbons (Fsp3) is 0.680. The van der Waals surface area contributed by atoms with Gasteiger partial charge in [0.1, 0.15) is 0 Å². The number of fused-ring (bicyclic) bond motifs is 1. The number of para-hydroxylation sites is 1. The van der Waals surface area contributed by atoms with Gasteiger partial charge in [0, 0.05) is 44.3 Å². The van der Waals surface area contributed by atoms with Gasteiger partial charge in [-0.1, -0.05) is 32.0 Å². The van der Waals surface area contributed by atoms with Gasteiger partial charge in [0.05, 0.1) is 5.92 Å². The van der Waals surface area contributed by atoms with Gasteiger partial charge < -0.3 is 9.80 Å². The molecule has 1 atom stereocenters. The lowest BCUT2D eigenvalue weighted by Gasteiger charge is -2.43. The molecule has 0 radical (unpaired) electrons. The maximum Gasteiger partial charge on any atom is 0.237 e. The number of carbonyl (C=O) groups excluding carboxylic acids is 2. The van der Waals surface area contributed by atoms with Crippen LogP contribution in [0.15, 0.2) is 24.3 Å². The lowest BCUT2D eigenvalue weighted by atomic mass is 9.79. The average molecular weight is 427 g/mol. The first-order chi connectivity index (χ1) is 14.9. The molecule has 31 heavy (non-hydrogen) atoms. The SMILES string of the molecule is CC(C)[C@H]1CC[C@@H](N2CCC(N3C(=O)C(CC(=O)N(C)N)c4ccccc43)CC2)CC1. The fourth-order valence-corrected chi connectivity index (χ4v) is 5.96. The Morgan fingerprint density at radius 1 is 1.06 bits per heavy atom. The zero-order valence-electron chi connectivity index (χ0n) is 19.3. The van der Waals surface area contributed by atoms with E-state index in [4.69, 9.17) is 5.84 Å². The van der Waals surface area contributed by atoms with Gasteiger partial charge >= 0.3 is 0 Å². The minimum atomic E-state index is -0.418. The molecule has 1 aliphatic carbocycles. The van der Waals surface area contributed by atoms with Crippen LogP contribution in [-0.2, 0) is 9.59 Å². The molecule has 0 spiro atoms. The summed E-state index contributed by atoms with van der Waals surface area (Å²) < 4.78 is 0. The molecule has 1 unspecified atom stereocenters. The van der Waals surface area contributed by atoms with Crippen LogP contribution in [0.4, 0.5) is 5.69 Å². The number of nitrogens with two attached hydrogens (primary N) is 1. The van der Waals surface area contributed by atoms with E-state index in [1.54, 1.807) is 0 Å². The van der Waals surface area contributed by atoms with Crippen molar-refractivity contribution in [3.63, 3.8) is 0 Å². The van der Waals surface area contributed by atoms with Gasteiger partial charge in [0.25, 0.3) is 0 Å². The van der Waals surface area contributed by atoms with Crippen LogP contribution in [0.1, 0.15) is 70.3 Å². The second-order valence-electron chi connectivity index (χ2n) is 10.1. The van der Waals surface area contributed by atoms with Crippen LogP contribution >= 0.6 is 0 Å². The van der Waals surface area contributed by atoms with E-state index in [9.17, 15) is 9.59 Å². The van der Waals surface area contributed by atoms with Crippen molar-refractivity contribution in [2.24, 2.45) is 17.7 Å². The second-order valence-corrected chi connectivity index (χ2v) is 10.1. The van der Waals surface area contributed by atoms with Crippen molar-refractivity contribution < 1.29 is 9.59 Å². The highest BCUT2D eigenvalue weighted by Crippen LogP contribution is 2.42. The summed E-state index contributed by atoms with van der Waals surface area (Å²) in [5.74, 6) is 6.75. The number of hydrogen-bond acceptors (Lipinski definition) is 4. The number of hydrogen-bond donors (Lipinski definition) is 1. The van der Waals surface area contributed by atoms with Crippen molar-refractivity contribution in [3.05, 3.63) is 29.8 Å². The summed E-state index contributed by atoms with van der Waals surface area (Å²) in [4.78, 5) is 30.3. The summed E-state index contributed by atoms with van der Waals surface area (Å²) in [5.41, 5.74) is 1.96. The van der Waals surface area contributed by atoms with Gasteiger partial charge in [-0.25, -0.2) is 5.84 Å². The van der Waals surface area contributed by atoms with Crippen molar-refractivity contribution >= 4 is 17.5 Å². The fourth-order valence-electron chi connectivity index (χ4n) is 5.96. The van der Waals surface area contributed by atoms with Gasteiger partial charge in [0.2, 0.25) is 11.8 Å². The highest BCUT2D eigenvalue weighted by Gasteiger charge is 2.43. The first-order valence-electron chi connectivity index (χ1n) is 12.0. The first-order valence-corrected chi connectivity index (χ1v) is 12.0. The number of rotatable bonds is 5. The highest BCUT2D eigenvalue weighted by atomic mass is 16.2. The molecule has 6 heteroatoms. The molecule has 1 saturated heterocycles. The normalized spacial score (nSPS) is 27.6. The Bertz CT molecular complexity index is 792. The number of anilines is 1. The number of carbonyl (C=O) groups is 2. The van der Waals surface area contributed by atoms with E-state index in [-0.39, 0.29) is 24.3 Å². The molecule has 1 saturated carbocycles. The largest absolute Gasteiger partial charge is 0.308 e. The van der Waals surface area contributed by atoms with Crippen molar-refractivity contribution in [1.29, 1.82) is 0 Å². The maximum absolute atomic E-state index is 13.4. The minimum Gasteiger partial charge on any atom is -0.308 e. The van der Waals surface area contributed by atoms with Gasteiger partial charge in [-0.3, -0.25) is 14.6 Å². The lowest BCUT2D eigenvalue weighted by Crippen LogP contribution is -2.50. The summed E-state index contributed by atoms with van der Waals surface area (Å²) >= 11 is 0. The van der Waals surface area contributed by atoms with E-state index in [1.165, 1.54) is 32.7 Å². The molecule has 2 aliphatic heterocycles. The van der Waals surface area contributed by atoms with Crippen LogP contribution in [0.25, 0.3) is 0 Å². The van der Waals surface area contributed by atoms with Gasteiger partial charge in [-0.05, 0) is 62.0 Å². The van der Waals surface area contributed by atoms with Gasteiger partial charge in [-0.15, -0.1) is 0 Å². The molecule has 170 valence electrons. The van der Waals surface area contributed by atoms with E-state index in [0.29, 0.717) is 6.04 Å². The maximum atomic E-state index is 13.4. The predicted octanol–water partition coefficient (Wildman–Crippen LogP) is 3.52. The Morgan fingerprint density at radius 2 is 1.71 bits per heavy atom. The molecule has 2 amide bonds. The summed E-state index contributed by atoms with van der Waals surface area (Å²) in [5, 5.41) is 1.09. The van der Waals surface area contributed by atoms with Crippen LogP contribution in [-0.4, -0.2) is 53.9 Å². The van der Waals surface area contributed by atoms with E-state index in [2.05, 4.69) is 18.7 Å². The van der Waals surface area contributed by atoms with Crippen LogP contribution in [0.5, 0.6) is 0 Å². The topological polar surface area (TPSA) is 69.9 Å². The second kappa shape index (κ2) is 9.29. The molecule has 2 N–H and O–H groups in total. The smallest absolute Gasteiger partial charge is 0.237 e. The number of hydrazine groups is 1. The Morgan fingerprint density at radius 3 is 2.32 bits per heavy atom. The summed E-state index contributed by atoms with van der Waals surface area (Å²) in [6.45, 7) is 6.83. The molecule has 0 bridgehead atoms. The highest BCUT2D eigenvalue weighted by molar-refractivity contribution is 6.07. The zero-order valence-corrected chi connectivity index (χ0v) is 19.3. The van der Waals surface area contributed by atoms with E-state index < -0.39 is 5.92 Å². The van der Waals surface area contributed by atoms with Crippen LogP contribution in [0.3, 0.4) is 0 Å². The van der Waals surface area contributed by atoms with Crippen LogP contribution < -0.4 is 10.7 Å². The van der Waals surface area contributed by atoms with Gasteiger partial charge in [0.15, 0.2) is 0 Å². The summed E-state index contributed by atoms with van der Waals surface area (Å²) in [6.07, 6.45) is 7.48. The number of piperidine rings is 1. The molecule has 1 aromatic rings. The molecule has 1 aromatic carbocycles. The molecular formula is C25H38N4O2. The minimum absolute atomic E-state index is 0.0623. The Balaban J connectivity index is 1.40.